The van der Waals surface area contributed by atoms with Gasteiger partial charge >= 0.3 is 0 Å². The van der Waals surface area contributed by atoms with Gasteiger partial charge in [0.2, 0.25) is 0 Å². The zero-order valence-electron chi connectivity index (χ0n) is 13.8. The van der Waals surface area contributed by atoms with Crippen molar-refractivity contribution in [2.75, 3.05) is 24.8 Å². The van der Waals surface area contributed by atoms with Gasteiger partial charge in [0.05, 0.1) is 17.1 Å². The summed E-state index contributed by atoms with van der Waals surface area (Å²) >= 11 is 8.35. The number of thiophene rings is 2. The number of hydrogen-bond acceptors (Lipinski definition) is 7. The summed E-state index contributed by atoms with van der Waals surface area (Å²) in [6, 6.07) is 12.1. The van der Waals surface area contributed by atoms with Gasteiger partial charge in [-0.2, -0.15) is 4.36 Å². The van der Waals surface area contributed by atoms with Crippen LogP contribution in [0.2, 0.25) is 0 Å². The van der Waals surface area contributed by atoms with E-state index in [1.54, 1.807) is 18.4 Å². The highest BCUT2D eigenvalue weighted by Gasteiger charge is 2.13. The molecule has 0 saturated carbocycles. The average molecular weight is 390 g/mol. The molecule has 0 spiro atoms. The second kappa shape index (κ2) is 8.53. The lowest BCUT2D eigenvalue weighted by Crippen LogP contribution is -1.98. The Balaban J connectivity index is 1.92. The van der Waals surface area contributed by atoms with Crippen LogP contribution in [-0.4, -0.2) is 13.7 Å². The standard InChI is InChI=1S/C18H19N3OS3/c1-22-9-3-7-15-14(11-17(25-15)16-8-4-10-24-16)20-12-5-2-6-13(21-23)18(12)19/h2,4-6,8,10-11,20H,3,7,9,19H2,1H3. The van der Waals surface area contributed by atoms with Gasteiger partial charge in [0.15, 0.2) is 0 Å². The molecule has 3 N–H and O–H groups in total. The SMILES string of the molecule is COCCCc1sc(-c2cccs2)cc1Nc1cccc(N=S)c1N. The second-order valence-electron chi connectivity index (χ2n) is 5.48. The van der Waals surface area contributed by atoms with Crippen LogP contribution in [0.15, 0.2) is 46.1 Å². The number of aryl methyl sites for hydroxylation is 1. The lowest BCUT2D eigenvalue weighted by Gasteiger charge is -2.11. The molecule has 2 aromatic heterocycles. The summed E-state index contributed by atoms with van der Waals surface area (Å²) in [5, 5.41) is 5.56. The van der Waals surface area contributed by atoms with Gasteiger partial charge in [-0.05, 0) is 42.5 Å². The molecule has 130 valence electrons. The van der Waals surface area contributed by atoms with Crippen molar-refractivity contribution in [2.24, 2.45) is 4.36 Å². The largest absolute Gasteiger partial charge is 0.395 e. The van der Waals surface area contributed by atoms with Gasteiger partial charge in [-0.1, -0.05) is 12.1 Å². The highest BCUT2D eigenvalue weighted by atomic mass is 32.1. The molecule has 0 atom stereocenters. The maximum atomic E-state index is 6.18. The number of hydrogen-bond donors (Lipinski definition) is 2. The monoisotopic (exact) mass is 389 g/mol. The summed E-state index contributed by atoms with van der Waals surface area (Å²) in [7, 11) is 1.73. The number of nitrogens with zero attached hydrogens (tertiary/aromatic N) is 1. The Hall–Kier alpha value is -1.80. The van der Waals surface area contributed by atoms with E-state index in [0.29, 0.717) is 11.4 Å². The molecule has 0 saturated heterocycles. The molecular weight excluding hydrogens is 370 g/mol. The summed E-state index contributed by atoms with van der Waals surface area (Å²) in [6.07, 6.45) is 1.93. The van der Waals surface area contributed by atoms with Crippen LogP contribution in [0.3, 0.4) is 0 Å². The predicted octanol–water partition coefficient (Wildman–Crippen LogP) is 5.74. The number of nitrogens with two attached hydrogens (primary N) is 1. The summed E-state index contributed by atoms with van der Waals surface area (Å²) in [6.45, 7) is 0.748. The van der Waals surface area contributed by atoms with E-state index in [-0.39, 0.29) is 0 Å². The zero-order valence-corrected chi connectivity index (χ0v) is 16.3. The summed E-state index contributed by atoms with van der Waals surface area (Å²) in [4.78, 5) is 3.82. The molecule has 4 nitrogen and oxygen atoms in total. The Morgan fingerprint density at radius 2 is 2.08 bits per heavy atom. The fourth-order valence-corrected chi connectivity index (χ4v) is 4.67. The van der Waals surface area contributed by atoms with Crippen molar-refractivity contribution in [1.29, 1.82) is 0 Å². The molecule has 2 heterocycles. The topological polar surface area (TPSA) is 59.6 Å². The van der Waals surface area contributed by atoms with Crippen molar-refractivity contribution in [3.05, 3.63) is 46.7 Å². The van der Waals surface area contributed by atoms with Gasteiger partial charge in [0.1, 0.15) is 5.69 Å². The van der Waals surface area contributed by atoms with Crippen LogP contribution in [0.4, 0.5) is 22.7 Å². The van der Waals surface area contributed by atoms with Crippen molar-refractivity contribution >= 4 is 57.8 Å². The second-order valence-corrected chi connectivity index (χ2v) is 7.74. The van der Waals surface area contributed by atoms with Crippen molar-refractivity contribution < 1.29 is 4.74 Å². The average Bonchev–Trinajstić information content (AvgIpc) is 3.27. The first-order chi connectivity index (χ1) is 12.2. The van der Waals surface area contributed by atoms with Crippen molar-refractivity contribution in [1.82, 2.24) is 0 Å². The third kappa shape index (κ3) is 4.24. The third-order valence-corrected chi connectivity index (χ3v) is 6.23. The Bertz CT molecular complexity index is 843. The number of para-hydroxylation sites is 1. The maximum absolute atomic E-state index is 6.18. The van der Waals surface area contributed by atoms with Crippen LogP contribution < -0.4 is 11.1 Å². The van der Waals surface area contributed by atoms with E-state index in [0.717, 1.165) is 30.8 Å². The summed E-state index contributed by atoms with van der Waals surface area (Å²) in [5.74, 6) is 0. The van der Waals surface area contributed by atoms with Gasteiger partial charge in [-0.15, -0.1) is 22.7 Å². The Morgan fingerprint density at radius 3 is 2.80 bits per heavy atom. The van der Waals surface area contributed by atoms with E-state index in [4.69, 9.17) is 22.9 Å². The van der Waals surface area contributed by atoms with Crippen LogP contribution in [0.1, 0.15) is 11.3 Å². The van der Waals surface area contributed by atoms with Gasteiger partial charge < -0.3 is 15.8 Å². The normalized spacial score (nSPS) is 10.8. The minimum atomic E-state index is 0.573. The first-order valence-electron chi connectivity index (χ1n) is 7.87. The van der Waals surface area contributed by atoms with E-state index in [2.05, 4.69) is 33.3 Å². The highest BCUT2D eigenvalue weighted by molar-refractivity contribution is 7.47. The maximum Gasteiger partial charge on any atom is 0.102 e. The van der Waals surface area contributed by atoms with Crippen molar-refractivity contribution in [3.63, 3.8) is 0 Å². The Morgan fingerprint density at radius 1 is 1.20 bits per heavy atom. The van der Waals surface area contributed by atoms with Crippen LogP contribution in [0.5, 0.6) is 0 Å². The first kappa shape index (κ1) is 18.0. The fourth-order valence-electron chi connectivity index (χ4n) is 2.52. The first-order valence-corrected chi connectivity index (χ1v) is 9.93. The number of rotatable bonds is 8. The molecule has 25 heavy (non-hydrogen) atoms. The number of methoxy groups -OCH3 is 1. The van der Waals surface area contributed by atoms with E-state index >= 15 is 0 Å². The van der Waals surface area contributed by atoms with E-state index in [1.165, 1.54) is 14.6 Å². The molecule has 1 aromatic carbocycles. The van der Waals surface area contributed by atoms with Crippen molar-refractivity contribution in [3.8, 4) is 9.75 Å². The molecule has 3 rings (SSSR count). The number of benzene rings is 1. The number of anilines is 3. The van der Waals surface area contributed by atoms with Gasteiger partial charge in [-0.3, -0.25) is 0 Å². The molecule has 3 aromatic rings. The smallest absolute Gasteiger partial charge is 0.102 e. The Labute approximate surface area is 160 Å². The lowest BCUT2D eigenvalue weighted by molar-refractivity contribution is 0.195. The van der Waals surface area contributed by atoms with E-state index in [1.807, 2.05) is 29.5 Å². The molecular formula is C18H19N3OS3. The number of nitrogens with one attached hydrogen (secondary N) is 1. The molecule has 7 heteroatoms. The molecule has 0 amide bonds. The number of ether oxygens (including phenoxy) is 1. The summed E-state index contributed by atoms with van der Waals surface area (Å²) in [5.41, 5.74) is 9.28. The molecule has 0 fully saturated rings. The summed E-state index contributed by atoms with van der Waals surface area (Å²) < 4.78 is 9.00. The third-order valence-electron chi connectivity index (χ3n) is 3.78. The van der Waals surface area contributed by atoms with E-state index < -0.39 is 0 Å². The quantitative estimate of drug-likeness (QED) is 0.381. The predicted molar refractivity (Wildman–Crippen MR) is 111 cm³/mol. The highest BCUT2D eigenvalue weighted by Crippen LogP contribution is 2.40. The minimum absolute atomic E-state index is 0.573. The van der Waals surface area contributed by atoms with E-state index in [9.17, 15) is 0 Å². The van der Waals surface area contributed by atoms with Gasteiger partial charge in [0, 0.05) is 40.8 Å². The molecule has 0 aliphatic carbocycles. The molecule has 0 unspecified atom stereocenters. The Kier molecular flexibility index (Phi) is 6.14. The minimum Gasteiger partial charge on any atom is -0.395 e. The van der Waals surface area contributed by atoms with Crippen LogP contribution in [0.25, 0.3) is 9.75 Å². The van der Waals surface area contributed by atoms with Crippen molar-refractivity contribution in [2.45, 2.75) is 12.8 Å². The zero-order chi connectivity index (χ0) is 17.6. The van der Waals surface area contributed by atoms with Crippen LogP contribution >= 0.6 is 22.7 Å². The fraction of sp³-hybridized carbons (Fsp3) is 0.222. The molecule has 0 bridgehead atoms. The van der Waals surface area contributed by atoms with Crippen LogP contribution in [-0.2, 0) is 23.6 Å². The lowest BCUT2D eigenvalue weighted by atomic mass is 10.2. The van der Waals surface area contributed by atoms with Gasteiger partial charge in [-0.25, -0.2) is 0 Å². The number of nitrogen functional groups attached to an aromatic ring is 1. The molecule has 0 radical (unpaired) electrons. The molecule has 0 aliphatic rings. The molecule has 0 aliphatic heterocycles. The van der Waals surface area contributed by atoms with Crippen LogP contribution in [0, 0.1) is 0 Å². The van der Waals surface area contributed by atoms with Gasteiger partial charge in [0.25, 0.3) is 0 Å².